The van der Waals surface area contributed by atoms with E-state index in [1.54, 1.807) is 18.2 Å². The Balaban J connectivity index is 1.36. The average Bonchev–Trinajstić information content (AvgIpc) is 2.85. The molecular weight excluding hydrogens is 422 g/mol. The fourth-order valence-corrected chi connectivity index (χ4v) is 4.44. The Morgan fingerprint density at radius 3 is 2.50 bits per heavy atom. The number of rotatable bonds is 8. The number of benzene rings is 3. The third-order valence-electron chi connectivity index (χ3n) is 4.99. The number of carbonyl (C=O) groups is 1. The lowest BCUT2D eigenvalue weighted by Gasteiger charge is -2.30. The molecule has 1 aliphatic heterocycles. The summed E-state index contributed by atoms with van der Waals surface area (Å²) in [6.45, 7) is 2.45. The van der Waals surface area contributed by atoms with Crippen molar-refractivity contribution in [1.82, 2.24) is 0 Å². The fourth-order valence-electron chi connectivity index (χ4n) is 3.39. The van der Waals surface area contributed by atoms with Crippen molar-refractivity contribution in [3.8, 4) is 11.5 Å². The summed E-state index contributed by atoms with van der Waals surface area (Å²) < 4.78 is 16.5. The Kier molecular flexibility index (Phi) is 7.35. The van der Waals surface area contributed by atoms with E-state index in [-0.39, 0.29) is 5.76 Å². The van der Waals surface area contributed by atoms with Crippen LogP contribution >= 0.6 is 11.8 Å². The van der Waals surface area contributed by atoms with E-state index in [1.807, 2.05) is 54.2 Å². The second-order valence-electron chi connectivity index (χ2n) is 7.14. The summed E-state index contributed by atoms with van der Waals surface area (Å²) in [6, 6.07) is 25.2. The van der Waals surface area contributed by atoms with Crippen LogP contribution in [-0.2, 0) is 9.53 Å². The normalized spacial score (nSPS) is 13.3. The van der Waals surface area contributed by atoms with Crippen molar-refractivity contribution in [1.29, 1.82) is 0 Å². The molecule has 164 valence electrons. The summed E-state index contributed by atoms with van der Waals surface area (Å²) in [7, 11) is 1.33. The van der Waals surface area contributed by atoms with Gasteiger partial charge in [0.15, 0.2) is 0 Å². The molecule has 0 spiro atoms. The third kappa shape index (κ3) is 5.65. The van der Waals surface area contributed by atoms with Gasteiger partial charge in [-0.2, -0.15) is 0 Å². The molecule has 0 bridgehead atoms. The van der Waals surface area contributed by atoms with Crippen LogP contribution in [-0.4, -0.2) is 38.5 Å². The zero-order valence-corrected chi connectivity index (χ0v) is 18.7. The van der Waals surface area contributed by atoms with Gasteiger partial charge >= 0.3 is 5.97 Å². The highest BCUT2D eigenvalue weighted by molar-refractivity contribution is 7.99. The summed E-state index contributed by atoms with van der Waals surface area (Å²) in [6.07, 6.45) is 1.66. The fraction of sp³-hybridized carbons (Fsp3) is 0.192. The maximum Gasteiger partial charge on any atom is 0.373 e. The molecule has 1 heterocycles. The van der Waals surface area contributed by atoms with E-state index in [0.29, 0.717) is 12.4 Å². The number of thioether (sulfide) groups is 1. The number of nitrogens with zero attached hydrogens (tertiary/aromatic N) is 1. The Morgan fingerprint density at radius 1 is 0.969 bits per heavy atom. The van der Waals surface area contributed by atoms with Gasteiger partial charge in [0, 0.05) is 17.2 Å². The minimum atomic E-state index is -0.533. The van der Waals surface area contributed by atoms with E-state index in [0.717, 1.165) is 30.2 Å². The molecule has 3 aromatic rings. The van der Waals surface area contributed by atoms with Gasteiger partial charge in [0.05, 0.1) is 19.3 Å². The topological polar surface area (TPSA) is 48.0 Å². The lowest BCUT2D eigenvalue weighted by atomic mass is 10.2. The molecule has 0 amide bonds. The molecule has 0 N–H and O–H groups in total. The molecule has 32 heavy (non-hydrogen) atoms. The molecular formula is C26H25NO4S. The van der Waals surface area contributed by atoms with Crippen LogP contribution in [0.3, 0.4) is 0 Å². The predicted octanol–water partition coefficient (Wildman–Crippen LogP) is 5.27. The number of esters is 1. The molecule has 0 fully saturated rings. The molecule has 0 atom stereocenters. The van der Waals surface area contributed by atoms with Gasteiger partial charge in [-0.15, -0.1) is 11.8 Å². The average molecular weight is 448 g/mol. The molecule has 6 heteroatoms. The van der Waals surface area contributed by atoms with Crippen molar-refractivity contribution in [2.45, 2.75) is 4.90 Å². The van der Waals surface area contributed by atoms with E-state index >= 15 is 0 Å². The lowest BCUT2D eigenvalue weighted by molar-refractivity contribution is -0.138. The highest BCUT2D eigenvalue weighted by Crippen LogP contribution is 2.34. The molecule has 4 rings (SSSR count). The Hall–Kier alpha value is -3.38. The first kappa shape index (κ1) is 21.8. The Labute approximate surface area is 192 Å². The summed E-state index contributed by atoms with van der Waals surface area (Å²) in [5, 5.41) is 0. The monoisotopic (exact) mass is 447 g/mol. The highest BCUT2D eigenvalue weighted by Gasteiger charge is 2.16. The van der Waals surface area contributed by atoms with Crippen molar-refractivity contribution in [2.24, 2.45) is 0 Å². The van der Waals surface area contributed by atoms with Gasteiger partial charge in [-0.25, -0.2) is 4.79 Å². The van der Waals surface area contributed by atoms with Crippen molar-refractivity contribution in [3.05, 3.63) is 90.2 Å². The van der Waals surface area contributed by atoms with Crippen molar-refractivity contribution < 1.29 is 19.0 Å². The summed E-state index contributed by atoms with van der Waals surface area (Å²) in [5.41, 5.74) is 2.09. The van der Waals surface area contributed by atoms with Crippen molar-refractivity contribution in [2.75, 3.05) is 37.5 Å². The quantitative estimate of drug-likeness (QED) is 0.266. The second kappa shape index (κ2) is 10.8. The van der Waals surface area contributed by atoms with E-state index < -0.39 is 5.97 Å². The maximum absolute atomic E-state index is 12.1. The molecule has 3 aromatic carbocycles. The highest BCUT2D eigenvalue weighted by atomic mass is 32.2. The molecule has 0 unspecified atom stereocenters. The van der Waals surface area contributed by atoms with Gasteiger partial charge in [-0.3, -0.25) is 0 Å². The first-order valence-electron chi connectivity index (χ1n) is 10.5. The number of ether oxygens (including phenoxy) is 3. The van der Waals surface area contributed by atoms with E-state index in [1.165, 1.54) is 17.7 Å². The number of carbonyl (C=O) groups excluding carboxylic acids is 1. The van der Waals surface area contributed by atoms with E-state index in [4.69, 9.17) is 14.2 Å². The molecule has 5 nitrogen and oxygen atoms in total. The van der Waals surface area contributed by atoms with Crippen LogP contribution in [0.1, 0.15) is 5.56 Å². The third-order valence-corrected chi connectivity index (χ3v) is 6.03. The van der Waals surface area contributed by atoms with Crippen LogP contribution < -0.4 is 14.4 Å². The van der Waals surface area contributed by atoms with Crippen molar-refractivity contribution in [3.63, 3.8) is 0 Å². The van der Waals surface area contributed by atoms with Crippen LogP contribution in [0.25, 0.3) is 6.08 Å². The minimum Gasteiger partial charge on any atom is -0.492 e. The number of hydrogen-bond donors (Lipinski definition) is 0. The molecule has 0 saturated carbocycles. The molecule has 0 radical (unpaired) electrons. The van der Waals surface area contributed by atoms with Crippen LogP contribution in [0.4, 0.5) is 5.69 Å². The molecule has 1 aliphatic rings. The van der Waals surface area contributed by atoms with Crippen LogP contribution in [0.2, 0.25) is 0 Å². The van der Waals surface area contributed by atoms with Gasteiger partial charge in [-0.1, -0.05) is 42.5 Å². The first-order chi connectivity index (χ1) is 15.7. The van der Waals surface area contributed by atoms with Crippen LogP contribution in [0.15, 0.2) is 89.5 Å². The van der Waals surface area contributed by atoms with Gasteiger partial charge in [0.2, 0.25) is 5.76 Å². The minimum absolute atomic E-state index is 0.119. The summed E-state index contributed by atoms with van der Waals surface area (Å²) >= 11 is 1.90. The molecule has 0 aliphatic carbocycles. The standard InChI is InChI=1S/C26H25NO4S/c1-29-26(28)24(31-22-7-3-2-4-8-22)19-20-11-13-21(14-12-20)30-17-15-27-16-18-32-25-10-6-5-9-23(25)27/h2-14,19H,15-18H2,1H3. The van der Waals surface area contributed by atoms with Gasteiger partial charge in [-0.05, 0) is 48.0 Å². The summed E-state index contributed by atoms with van der Waals surface area (Å²) in [4.78, 5) is 15.8. The van der Waals surface area contributed by atoms with Gasteiger partial charge < -0.3 is 19.1 Å². The predicted molar refractivity (Wildman–Crippen MR) is 128 cm³/mol. The number of anilines is 1. The smallest absolute Gasteiger partial charge is 0.373 e. The number of hydrogen-bond acceptors (Lipinski definition) is 6. The van der Waals surface area contributed by atoms with E-state index in [9.17, 15) is 4.79 Å². The maximum atomic E-state index is 12.1. The van der Waals surface area contributed by atoms with Crippen LogP contribution in [0.5, 0.6) is 11.5 Å². The number of para-hydroxylation sites is 2. The summed E-state index contributed by atoms with van der Waals surface area (Å²) in [5.74, 6) is 2.03. The van der Waals surface area contributed by atoms with Crippen LogP contribution in [0, 0.1) is 0 Å². The van der Waals surface area contributed by atoms with Crippen molar-refractivity contribution >= 4 is 29.5 Å². The first-order valence-corrected chi connectivity index (χ1v) is 11.4. The SMILES string of the molecule is COC(=O)C(=Cc1ccc(OCCN2CCSc3ccccc32)cc1)Oc1ccccc1. The molecule has 0 aromatic heterocycles. The Bertz CT molecular complexity index is 1070. The second-order valence-corrected chi connectivity index (χ2v) is 8.27. The van der Waals surface area contributed by atoms with Gasteiger partial charge in [0.25, 0.3) is 0 Å². The number of fused-ring (bicyclic) bond motifs is 1. The molecule has 0 saturated heterocycles. The lowest BCUT2D eigenvalue weighted by Crippen LogP contribution is -2.33. The van der Waals surface area contributed by atoms with E-state index in [2.05, 4.69) is 29.2 Å². The van der Waals surface area contributed by atoms with Gasteiger partial charge in [0.1, 0.15) is 18.1 Å². The zero-order chi connectivity index (χ0) is 22.2. The number of methoxy groups -OCH3 is 1. The Morgan fingerprint density at radius 2 is 1.72 bits per heavy atom. The zero-order valence-electron chi connectivity index (χ0n) is 17.9. The largest absolute Gasteiger partial charge is 0.492 e.